The molecule has 0 fully saturated rings. The summed E-state index contributed by atoms with van der Waals surface area (Å²) in [7, 11) is 1.60. The van der Waals surface area contributed by atoms with Crippen molar-refractivity contribution in [2.24, 2.45) is 0 Å². The lowest BCUT2D eigenvalue weighted by molar-refractivity contribution is 0.0528. The first-order valence-corrected chi connectivity index (χ1v) is 9.41. The van der Waals surface area contributed by atoms with Gasteiger partial charge in [0.2, 0.25) is 0 Å². The van der Waals surface area contributed by atoms with Crippen molar-refractivity contribution in [2.45, 2.75) is 32.8 Å². The lowest BCUT2D eigenvalue weighted by atomic mass is 10.1. The molecule has 1 N–H and O–H groups in total. The molecular formula is C21H24ClN3O3. The Morgan fingerprint density at radius 1 is 1.21 bits per heavy atom. The number of amides is 1. The van der Waals surface area contributed by atoms with Crippen LogP contribution in [0, 0.1) is 0 Å². The SMILES string of the molecule is COc1cc(-c2ccn3c(CCNC(=O)OC(C)(C)C)ncc3c2)ccc1Cl. The zero-order valence-corrected chi connectivity index (χ0v) is 17.2. The Balaban J connectivity index is 1.71. The van der Waals surface area contributed by atoms with Crippen molar-refractivity contribution in [2.75, 3.05) is 13.7 Å². The van der Waals surface area contributed by atoms with Gasteiger partial charge in [-0.1, -0.05) is 17.7 Å². The van der Waals surface area contributed by atoms with E-state index in [4.69, 9.17) is 21.1 Å². The van der Waals surface area contributed by atoms with Gasteiger partial charge in [0, 0.05) is 19.2 Å². The van der Waals surface area contributed by atoms with Gasteiger partial charge in [0.25, 0.3) is 0 Å². The van der Waals surface area contributed by atoms with Gasteiger partial charge in [0.1, 0.15) is 17.2 Å². The normalized spacial score (nSPS) is 11.5. The Labute approximate surface area is 169 Å². The Morgan fingerprint density at radius 3 is 2.68 bits per heavy atom. The third-order valence-corrected chi connectivity index (χ3v) is 4.42. The van der Waals surface area contributed by atoms with E-state index < -0.39 is 11.7 Å². The third-order valence-electron chi connectivity index (χ3n) is 4.11. The number of halogens is 1. The van der Waals surface area contributed by atoms with Gasteiger partial charge in [-0.05, 0) is 56.2 Å². The van der Waals surface area contributed by atoms with Crippen LogP contribution in [0.15, 0.2) is 42.7 Å². The van der Waals surface area contributed by atoms with Crippen LogP contribution >= 0.6 is 11.6 Å². The number of alkyl carbamates (subject to hydrolysis) is 1. The lowest BCUT2D eigenvalue weighted by Gasteiger charge is -2.19. The van der Waals surface area contributed by atoms with Gasteiger partial charge in [-0.3, -0.25) is 0 Å². The third kappa shape index (κ3) is 4.75. The average molecular weight is 402 g/mol. The molecule has 7 heteroatoms. The monoisotopic (exact) mass is 401 g/mol. The molecule has 6 nitrogen and oxygen atoms in total. The zero-order valence-electron chi connectivity index (χ0n) is 16.5. The fourth-order valence-electron chi connectivity index (χ4n) is 2.85. The summed E-state index contributed by atoms with van der Waals surface area (Å²) >= 11 is 6.11. The fourth-order valence-corrected chi connectivity index (χ4v) is 3.04. The van der Waals surface area contributed by atoms with E-state index in [2.05, 4.69) is 16.4 Å². The van der Waals surface area contributed by atoms with Crippen LogP contribution in [0.25, 0.3) is 16.6 Å². The van der Waals surface area contributed by atoms with Gasteiger partial charge in [-0.2, -0.15) is 0 Å². The summed E-state index contributed by atoms with van der Waals surface area (Å²) in [4.78, 5) is 16.2. The lowest BCUT2D eigenvalue weighted by Crippen LogP contribution is -2.33. The zero-order chi connectivity index (χ0) is 20.3. The first-order valence-electron chi connectivity index (χ1n) is 9.03. The van der Waals surface area contributed by atoms with Crippen molar-refractivity contribution in [1.29, 1.82) is 0 Å². The highest BCUT2D eigenvalue weighted by atomic mass is 35.5. The molecule has 0 saturated carbocycles. The quantitative estimate of drug-likeness (QED) is 0.671. The van der Waals surface area contributed by atoms with E-state index in [9.17, 15) is 4.79 Å². The number of ether oxygens (including phenoxy) is 2. The summed E-state index contributed by atoms with van der Waals surface area (Å²) in [5, 5.41) is 3.34. The van der Waals surface area contributed by atoms with E-state index in [1.54, 1.807) is 7.11 Å². The topological polar surface area (TPSA) is 64.9 Å². The number of hydrogen-bond donors (Lipinski definition) is 1. The molecule has 148 valence electrons. The summed E-state index contributed by atoms with van der Waals surface area (Å²) < 4.78 is 12.5. The van der Waals surface area contributed by atoms with Crippen molar-refractivity contribution < 1.29 is 14.3 Å². The minimum atomic E-state index is -0.509. The smallest absolute Gasteiger partial charge is 0.407 e. The molecule has 2 aromatic heterocycles. The molecule has 2 heterocycles. The fraction of sp³-hybridized carbons (Fsp3) is 0.333. The van der Waals surface area contributed by atoms with E-state index >= 15 is 0 Å². The number of pyridine rings is 1. The number of fused-ring (bicyclic) bond motifs is 1. The first-order chi connectivity index (χ1) is 13.3. The molecule has 0 aliphatic carbocycles. The molecule has 0 aliphatic rings. The highest BCUT2D eigenvalue weighted by Gasteiger charge is 2.16. The van der Waals surface area contributed by atoms with Gasteiger partial charge >= 0.3 is 6.09 Å². The van der Waals surface area contributed by atoms with Crippen LogP contribution in [0.4, 0.5) is 4.79 Å². The summed E-state index contributed by atoms with van der Waals surface area (Å²) in [6, 6.07) is 9.77. The number of methoxy groups -OCH3 is 1. The number of carbonyl (C=O) groups excluding carboxylic acids is 1. The molecule has 0 unspecified atom stereocenters. The average Bonchev–Trinajstić information content (AvgIpc) is 3.03. The summed E-state index contributed by atoms with van der Waals surface area (Å²) in [5.41, 5.74) is 2.52. The predicted molar refractivity (Wildman–Crippen MR) is 110 cm³/mol. The highest BCUT2D eigenvalue weighted by molar-refractivity contribution is 6.32. The summed E-state index contributed by atoms with van der Waals surface area (Å²) in [5.74, 6) is 1.51. The number of hydrogen-bond acceptors (Lipinski definition) is 4. The maximum absolute atomic E-state index is 11.7. The van der Waals surface area contributed by atoms with Crippen LogP contribution in [0.3, 0.4) is 0 Å². The molecule has 0 saturated heterocycles. The Morgan fingerprint density at radius 2 is 1.96 bits per heavy atom. The molecule has 0 atom stereocenters. The van der Waals surface area contributed by atoms with Crippen LogP contribution in [0.1, 0.15) is 26.6 Å². The van der Waals surface area contributed by atoms with E-state index in [0.717, 1.165) is 22.5 Å². The van der Waals surface area contributed by atoms with Crippen molar-refractivity contribution in [3.63, 3.8) is 0 Å². The number of aromatic nitrogens is 2. The van der Waals surface area contributed by atoms with E-state index in [1.807, 2.05) is 61.8 Å². The Kier molecular flexibility index (Phi) is 5.79. The predicted octanol–water partition coefficient (Wildman–Crippen LogP) is 4.73. The number of imidazole rings is 1. The molecular weight excluding hydrogens is 378 g/mol. The highest BCUT2D eigenvalue weighted by Crippen LogP contribution is 2.31. The number of nitrogens with zero attached hydrogens (tertiary/aromatic N) is 2. The maximum atomic E-state index is 11.7. The number of benzene rings is 1. The van der Waals surface area contributed by atoms with Crippen molar-refractivity contribution in [3.05, 3.63) is 53.6 Å². The van der Waals surface area contributed by atoms with Crippen LogP contribution in [-0.4, -0.2) is 34.7 Å². The number of rotatable bonds is 5. The standard InChI is InChI=1S/C21H24ClN3O3/c1-21(2,3)28-20(26)23-9-7-19-24-13-16-11-15(8-10-25(16)19)14-5-6-17(22)18(12-14)27-4/h5-6,8,10-13H,7,9H2,1-4H3,(H,23,26). The number of carbonyl (C=O) groups is 1. The Bertz CT molecular complexity index is 992. The molecule has 3 rings (SSSR count). The van der Waals surface area contributed by atoms with Crippen LogP contribution in [0.2, 0.25) is 5.02 Å². The maximum Gasteiger partial charge on any atom is 0.407 e. The van der Waals surface area contributed by atoms with Crippen LogP contribution in [0.5, 0.6) is 5.75 Å². The second kappa shape index (κ2) is 8.10. The molecule has 3 aromatic rings. The molecule has 0 radical (unpaired) electrons. The van der Waals surface area contributed by atoms with Gasteiger partial charge in [0.15, 0.2) is 0 Å². The summed E-state index contributed by atoms with van der Waals surface area (Å²) in [6.07, 6.45) is 3.97. The molecule has 1 aromatic carbocycles. The molecule has 0 bridgehead atoms. The second-order valence-electron chi connectivity index (χ2n) is 7.41. The van der Waals surface area contributed by atoms with Gasteiger partial charge < -0.3 is 19.2 Å². The second-order valence-corrected chi connectivity index (χ2v) is 7.82. The molecule has 0 aliphatic heterocycles. The first kappa shape index (κ1) is 20.0. The van der Waals surface area contributed by atoms with E-state index in [0.29, 0.717) is 23.7 Å². The van der Waals surface area contributed by atoms with Crippen LogP contribution < -0.4 is 10.1 Å². The summed E-state index contributed by atoms with van der Waals surface area (Å²) in [6.45, 7) is 5.96. The van der Waals surface area contributed by atoms with Gasteiger partial charge in [-0.15, -0.1) is 0 Å². The largest absolute Gasteiger partial charge is 0.495 e. The minimum absolute atomic E-state index is 0.424. The van der Waals surface area contributed by atoms with Crippen molar-refractivity contribution >= 4 is 23.2 Å². The molecule has 0 spiro atoms. The van der Waals surface area contributed by atoms with Crippen LogP contribution in [-0.2, 0) is 11.2 Å². The van der Waals surface area contributed by atoms with Crippen molar-refractivity contribution in [1.82, 2.24) is 14.7 Å². The number of nitrogens with one attached hydrogen (secondary N) is 1. The van der Waals surface area contributed by atoms with Crippen molar-refractivity contribution in [3.8, 4) is 16.9 Å². The minimum Gasteiger partial charge on any atom is -0.495 e. The Hall–Kier alpha value is -2.73. The van der Waals surface area contributed by atoms with Gasteiger partial charge in [-0.25, -0.2) is 9.78 Å². The molecule has 1 amide bonds. The van der Waals surface area contributed by atoms with E-state index in [-0.39, 0.29) is 0 Å². The van der Waals surface area contributed by atoms with Gasteiger partial charge in [0.05, 0.1) is 23.8 Å². The van der Waals surface area contributed by atoms with E-state index in [1.165, 1.54) is 0 Å². The molecule has 28 heavy (non-hydrogen) atoms.